The predicted octanol–water partition coefficient (Wildman–Crippen LogP) is 3.85. The lowest BCUT2D eigenvalue weighted by Gasteiger charge is -2.20. The summed E-state index contributed by atoms with van der Waals surface area (Å²) in [6, 6.07) is 8.71. The molecule has 3 rings (SSSR count). The lowest BCUT2D eigenvalue weighted by atomic mass is 9.89. The molecule has 172 valence electrons. The molecular formula is C21H22F3N3O4S. The van der Waals surface area contributed by atoms with Crippen LogP contribution in [-0.2, 0) is 21.0 Å². The van der Waals surface area contributed by atoms with Gasteiger partial charge in [-0.1, -0.05) is 31.4 Å². The number of nitrogens with one attached hydrogen (secondary N) is 3. The molecule has 0 aliphatic heterocycles. The molecule has 0 aromatic heterocycles. The molecule has 11 heteroatoms. The van der Waals surface area contributed by atoms with Gasteiger partial charge < -0.3 is 0 Å². The summed E-state index contributed by atoms with van der Waals surface area (Å²) in [4.78, 5) is 24.2. The summed E-state index contributed by atoms with van der Waals surface area (Å²) in [6.07, 6.45) is -0.156. The zero-order valence-electron chi connectivity index (χ0n) is 16.9. The van der Waals surface area contributed by atoms with Crippen LogP contribution in [0.3, 0.4) is 0 Å². The van der Waals surface area contributed by atoms with E-state index in [2.05, 4.69) is 15.6 Å². The van der Waals surface area contributed by atoms with Gasteiger partial charge in [-0.25, -0.2) is 8.42 Å². The molecular weight excluding hydrogens is 447 g/mol. The molecule has 7 nitrogen and oxygen atoms in total. The van der Waals surface area contributed by atoms with Crippen LogP contribution in [-0.4, -0.2) is 20.2 Å². The number of hydrogen-bond acceptors (Lipinski definition) is 4. The second-order valence-electron chi connectivity index (χ2n) is 7.49. The van der Waals surface area contributed by atoms with Gasteiger partial charge in [-0.15, -0.1) is 0 Å². The molecule has 0 spiro atoms. The Bertz CT molecular complexity index is 1100. The average molecular weight is 469 g/mol. The Balaban J connectivity index is 1.69. The van der Waals surface area contributed by atoms with Crippen molar-refractivity contribution in [1.29, 1.82) is 0 Å². The SMILES string of the molecule is O=C(NNC(=O)C1CCCCC1)c1cccc(S(=O)(=O)Nc2cccc(C(F)(F)F)c2)c1. The molecule has 1 fully saturated rings. The molecule has 3 N–H and O–H groups in total. The highest BCUT2D eigenvalue weighted by Crippen LogP contribution is 2.31. The van der Waals surface area contributed by atoms with E-state index in [0.717, 1.165) is 50.3 Å². The van der Waals surface area contributed by atoms with Gasteiger partial charge >= 0.3 is 6.18 Å². The van der Waals surface area contributed by atoms with Crippen LogP contribution in [0.2, 0.25) is 0 Å². The van der Waals surface area contributed by atoms with Gasteiger partial charge in [-0.3, -0.25) is 25.2 Å². The van der Waals surface area contributed by atoms with Gasteiger partial charge in [0, 0.05) is 17.2 Å². The predicted molar refractivity (Wildman–Crippen MR) is 111 cm³/mol. The lowest BCUT2D eigenvalue weighted by molar-refractivity contribution is -0.137. The fourth-order valence-corrected chi connectivity index (χ4v) is 4.53. The summed E-state index contributed by atoms with van der Waals surface area (Å²) < 4.78 is 65.9. The smallest absolute Gasteiger partial charge is 0.280 e. The number of carbonyl (C=O) groups excluding carboxylic acids is 2. The maximum atomic E-state index is 12.9. The first-order valence-electron chi connectivity index (χ1n) is 9.96. The first-order valence-corrected chi connectivity index (χ1v) is 11.4. The van der Waals surface area contributed by atoms with Gasteiger partial charge in [-0.05, 0) is 49.2 Å². The lowest BCUT2D eigenvalue weighted by Crippen LogP contribution is -2.45. The molecule has 1 aliphatic rings. The van der Waals surface area contributed by atoms with Gasteiger partial charge in [0.05, 0.1) is 10.5 Å². The Morgan fingerprint density at radius 3 is 2.28 bits per heavy atom. The van der Waals surface area contributed by atoms with Gasteiger partial charge in [0.25, 0.3) is 15.9 Å². The van der Waals surface area contributed by atoms with E-state index in [1.54, 1.807) is 0 Å². The van der Waals surface area contributed by atoms with Crippen molar-refractivity contribution in [1.82, 2.24) is 10.9 Å². The number of anilines is 1. The molecule has 0 unspecified atom stereocenters. The van der Waals surface area contributed by atoms with Crippen LogP contribution in [0.1, 0.15) is 48.0 Å². The Labute approximate surface area is 183 Å². The Morgan fingerprint density at radius 2 is 1.59 bits per heavy atom. The van der Waals surface area contributed by atoms with Crippen LogP contribution >= 0.6 is 0 Å². The molecule has 0 saturated heterocycles. The molecule has 0 bridgehead atoms. The number of rotatable bonds is 5. The fraction of sp³-hybridized carbons (Fsp3) is 0.333. The van der Waals surface area contributed by atoms with E-state index >= 15 is 0 Å². The number of amides is 2. The summed E-state index contributed by atoms with van der Waals surface area (Å²) in [5, 5.41) is 0. The monoisotopic (exact) mass is 469 g/mol. The molecule has 2 aromatic rings. The van der Waals surface area contributed by atoms with Crippen molar-refractivity contribution in [3.63, 3.8) is 0 Å². The van der Waals surface area contributed by atoms with Crippen molar-refractivity contribution < 1.29 is 31.2 Å². The number of carbonyl (C=O) groups is 2. The van der Waals surface area contributed by atoms with E-state index in [-0.39, 0.29) is 28.0 Å². The summed E-state index contributed by atoms with van der Waals surface area (Å²) in [7, 11) is -4.26. The van der Waals surface area contributed by atoms with E-state index in [1.807, 2.05) is 0 Å². The van der Waals surface area contributed by atoms with Gasteiger partial charge in [0.2, 0.25) is 5.91 Å². The maximum Gasteiger partial charge on any atom is 0.416 e. The number of alkyl halides is 3. The minimum Gasteiger partial charge on any atom is -0.280 e. The van der Waals surface area contributed by atoms with Crippen LogP contribution in [0, 0.1) is 5.92 Å². The number of halogens is 3. The van der Waals surface area contributed by atoms with Crippen molar-refractivity contribution in [3.8, 4) is 0 Å². The molecule has 2 aromatic carbocycles. The first-order chi connectivity index (χ1) is 15.1. The van der Waals surface area contributed by atoms with Gasteiger partial charge in [0.1, 0.15) is 0 Å². The number of sulfonamides is 1. The summed E-state index contributed by atoms with van der Waals surface area (Å²) >= 11 is 0. The zero-order valence-corrected chi connectivity index (χ0v) is 17.7. The van der Waals surface area contributed by atoms with Crippen LogP contribution in [0.5, 0.6) is 0 Å². The summed E-state index contributed by atoms with van der Waals surface area (Å²) in [6.45, 7) is 0. The van der Waals surface area contributed by atoms with Crippen LogP contribution in [0.15, 0.2) is 53.4 Å². The highest BCUT2D eigenvalue weighted by atomic mass is 32.2. The van der Waals surface area contributed by atoms with Crippen LogP contribution in [0.25, 0.3) is 0 Å². The third-order valence-corrected chi connectivity index (χ3v) is 6.50. The van der Waals surface area contributed by atoms with E-state index in [1.165, 1.54) is 24.3 Å². The highest BCUT2D eigenvalue weighted by Gasteiger charge is 2.31. The molecule has 2 amide bonds. The van der Waals surface area contributed by atoms with Crippen LogP contribution in [0.4, 0.5) is 18.9 Å². The second kappa shape index (κ2) is 9.60. The normalized spacial score (nSPS) is 15.1. The third kappa shape index (κ3) is 6.00. The van der Waals surface area contributed by atoms with E-state index < -0.39 is 27.7 Å². The fourth-order valence-electron chi connectivity index (χ4n) is 3.43. The van der Waals surface area contributed by atoms with Crippen molar-refractivity contribution in [2.24, 2.45) is 5.92 Å². The minimum absolute atomic E-state index is 0.0409. The van der Waals surface area contributed by atoms with E-state index in [4.69, 9.17) is 0 Å². The summed E-state index contributed by atoms with van der Waals surface area (Å²) in [5.41, 5.74) is 3.32. The molecule has 0 heterocycles. The van der Waals surface area contributed by atoms with Crippen molar-refractivity contribution >= 4 is 27.5 Å². The average Bonchev–Trinajstić information content (AvgIpc) is 2.77. The van der Waals surface area contributed by atoms with Crippen molar-refractivity contribution in [3.05, 3.63) is 59.7 Å². The molecule has 0 radical (unpaired) electrons. The highest BCUT2D eigenvalue weighted by molar-refractivity contribution is 7.92. The Kier molecular flexibility index (Phi) is 7.07. The second-order valence-corrected chi connectivity index (χ2v) is 9.17. The molecule has 32 heavy (non-hydrogen) atoms. The quantitative estimate of drug-likeness (QED) is 0.579. The molecule has 1 aliphatic carbocycles. The van der Waals surface area contributed by atoms with Gasteiger partial charge in [-0.2, -0.15) is 13.2 Å². The van der Waals surface area contributed by atoms with E-state index in [0.29, 0.717) is 6.07 Å². The molecule has 1 saturated carbocycles. The number of hydrogen-bond donors (Lipinski definition) is 3. The van der Waals surface area contributed by atoms with Crippen LogP contribution < -0.4 is 15.6 Å². The van der Waals surface area contributed by atoms with Crippen molar-refractivity contribution in [2.45, 2.75) is 43.2 Å². The molecule has 0 atom stereocenters. The topological polar surface area (TPSA) is 104 Å². The number of benzene rings is 2. The summed E-state index contributed by atoms with van der Waals surface area (Å²) in [5.74, 6) is -1.19. The van der Waals surface area contributed by atoms with Crippen molar-refractivity contribution in [2.75, 3.05) is 4.72 Å². The maximum absolute atomic E-state index is 12.9. The number of hydrazine groups is 1. The third-order valence-electron chi connectivity index (χ3n) is 5.12. The Morgan fingerprint density at radius 1 is 0.906 bits per heavy atom. The Hall–Kier alpha value is -3.08. The first kappa shape index (κ1) is 23.6. The van der Waals surface area contributed by atoms with Gasteiger partial charge in [0.15, 0.2) is 0 Å². The zero-order chi connectivity index (χ0) is 23.4. The largest absolute Gasteiger partial charge is 0.416 e. The van der Waals surface area contributed by atoms with E-state index in [9.17, 15) is 31.2 Å². The standard InChI is InChI=1S/C21H22F3N3O4S/c22-21(23,24)16-9-5-10-17(13-16)27-32(30,31)18-11-4-8-15(12-18)20(29)26-25-19(28)14-6-2-1-3-7-14/h4-5,8-14,27H,1-3,6-7H2,(H,25,28)(H,26,29). The minimum atomic E-state index is -4.62.